The third kappa shape index (κ3) is 4.97. The highest BCUT2D eigenvalue weighted by Crippen LogP contribution is 2.22. The molecule has 0 atom stereocenters. The lowest BCUT2D eigenvalue weighted by Gasteiger charge is -2.04. The van der Waals surface area contributed by atoms with Gasteiger partial charge in [-0.3, -0.25) is 9.78 Å². The van der Waals surface area contributed by atoms with E-state index in [1.165, 1.54) is 11.1 Å². The molecule has 108 valence electrons. The van der Waals surface area contributed by atoms with Crippen LogP contribution in [0.5, 0.6) is 0 Å². The van der Waals surface area contributed by atoms with Gasteiger partial charge in [-0.2, -0.15) is 0 Å². The number of thiophene rings is 1. The highest BCUT2D eigenvalue weighted by molar-refractivity contribution is 9.11. The van der Waals surface area contributed by atoms with Crippen LogP contribution in [0.25, 0.3) is 0 Å². The van der Waals surface area contributed by atoms with Crippen molar-refractivity contribution in [3.8, 4) is 11.8 Å². The molecule has 0 radical (unpaired) electrons. The van der Waals surface area contributed by atoms with Crippen molar-refractivity contribution in [2.24, 2.45) is 5.73 Å². The molecule has 2 aromatic rings. The Bertz CT molecular complexity index is 687. The molecule has 0 aliphatic carbocycles. The zero-order valence-electron chi connectivity index (χ0n) is 11.2. The van der Waals surface area contributed by atoms with Crippen molar-refractivity contribution in [2.45, 2.75) is 6.42 Å². The second kappa shape index (κ2) is 7.93. The SMILES string of the molecule is NCC#Cc1cncc(C(=O)NCCc2ccc(Br)s2)c1. The van der Waals surface area contributed by atoms with Gasteiger partial charge in [0.15, 0.2) is 0 Å². The average Bonchev–Trinajstić information content (AvgIpc) is 2.91. The topological polar surface area (TPSA) is 68.0 Å². The lowest BCUT2D eigenvalue weighted by Crippen LogP contribution is -2.25. The zero-order chi connectivity index (χ0) is 15.1. The summed E-state index contributed by atoms with van der Waals surface area (Å²) in [6.45, 7) is 0.872. The van der Waals surface area contributed by atoms with Crippen LogP contribution in [0.2, 0.25) is 0 Å². The number of carbonyl (C=O) groups excluding carboxylic acids is 1. The number of carbonyl (C=O) groups is 1. The first kappa shape index (κ1) is 15.7. The summed E-state index contributed by atoms with van der Waals surface area (Å²) >= 11 is 5.09. The zero-order valence-corrected chi connectivity index (χ0v) is 13.6. The summed E-state index contributed by atoms with van der Waals surface area (Å²) < 4.78 is 1.10. The molecule has 6 heteroatoms. The number of halogens is 1. The van der Waals surface area contributed by atoms with Gasteiger partial charge in [0, 0.05) is 29.4 Å². The van der Waals surface area contributed by atoms with Crippen molar-refractivity contribution in [3.05, 3.63) is 50.4 Å². The van der Waals surface area contributed by atoms with Gasteiger partial charge in [0.1, 0.15) is 0 Å². The van der Waals surface area contributed by atoms with E-state index in [-0.39, 0.29) is 12.5 Å². The van der Waals surface area contributed by atoms with Gasteiger partial charge < -0.3 is 11.1 Å². The minimum absolute atomic E-state index is 0.144. The van der Waals surface area contributed by atoms with Crippen molar-refractivity contribution >= 4 is 33.2 Å². The molecule has 21 heavy (non-hydrogen) atoms. The van der Waals surface area contributed by atoms with Gasteiger partial charge in [-0.15, -0.1) is 11.3 Å². The molecule has 0 aliphatic heterocycles. The van der Waals surface area contributed by atoms with Crippen LogP contribution in [0.3, 0.4) is 0 Å². The Hall–Kier alpha value is -1.68. The van der Waals surface area contributed by atoms with Crippen molar-refractivity contribution in [1.82, 2.24) is 10.3 Å². The molecule has 2 heterocycles. The van der Waals surface area contributed by atoms with E-state index in [9.17, 15) is 4.79 Å². The number of pyridine rings is 1. The minimum Gasteiger partial charge on any atom is -0.352 e. The van der Waals surface area contributed by atoms with Crippen LogP contribution in [0.1, 0.15) is 20.8 Å². The van der Waals surface area contributed by atoms with Gasteiger partial charge in [0.25, 0.3) is 5.91 Å². The van der Waals surface area contributed by atoms with Crippen LogP contribution < -0.4 is 11.1 Å². The lowest BCUT2D eigenvalue weighted by atomic mass is 10.2. The van der Waals surface area contributed by atoms with Gasteiger partial charge in [-0.25, -0.2) is 0 Å². The monoisotopic (exact) mass is 363 g/mol. The molecule has 2 aromatic heterocycles. The van der Waals surface area contributed by atoms with Crippen LogP contribution >= 0.6 is 27.3 Å². The third-order valence-electron chi connectivity index (χ3n) is 2.62. The fraction of sp³-hybridized carbons (Fsp3) is 0.200. The van der Waals surface area contributed by atoms with E-state index in [1.807, 2.05) is 12.1 Å². The Labute approximate surface area is 135 Å². The van der Waals surface area contributed by atoms with E-state index in [0.29, 0.717) is 17.7 Å². The second-order valence-corrected chi connectivity index (χ2v) is 6.73. The van der Waals surface area contributed by atoms with Gasteiger partial charge in [-0.05, 0) is 40.5 Å². The summed E-state index contributed by atoms with van der Waals surface area (Å²) in [6, 6.07) is 5.77. The van der Waals surface area contributed by atoms with Crippen molar-refractivity contribution < 1.29 is 4.79 Å². The van der Waals surface area contributed by atoms with Crippen LogP contribution in [0.15, 0.2) is 34.4 Å². The maximum atomic E-state index is 12.0. The van der Waals surface area contributed by atoms with Crippen molar-refractivity contribution in [3.63, 3.8) is 0 Å². The molecular weight excluding hydrogens is 350 g/mol. The Morgan fingerprint density at radius 1 is 1.43 bits per heavy atom. The summed E-state index contributed by atoms with van der Waals surface area (Å²) in [5.41, 5.74) is 6.52. The normalized spacial score (nSPS) is 9.81. The molecule has 3 N–H and O–H groups in total. The number of nitrogens with two attached hydrogens (primary N) is 1. The fourth-order valence-corrected chi connectivity index (χ4v) is 3.16. The van der Waals surface area contributed by atoms with Crippen LogP contribution in [0, 0.1) is 11.8 Å². The Morgan fingerprint density at radius 2 is 2.29 bits per heavy atom. The summed E-state index contributed by atoms with van der Waals surface area (Å²) in [7, 11) is 0. The quantitative estimate of drug-likeness (QED) is 0.818. The van der Waals surface area contributed by atoms with Gasteiger partial charge in [-0.1, -0.05) is 11.8 Å². The predicted octanol–water partition coefficient (Wildman–Crippen LogP) is 2.19. The number of rotatable bonds is 4. The Morgan fingerprint density at radius 3 is 3.00 bits per heavy atom. The van der Waals surface area contributed by atoms with E-state index in [2.05, 4.69) is 38.1 Å². The predicted molar refractivity (Wildman–Crippen MR) is 88.2 cm³/mol. The Balaban J connectivity index is 1.91. The largest absolute Gasteiger partial charge is 0.352 e. The smallest absolute Gasteiger partial charge is 0.252 e. The third-order valence-corrected chi connectivity index (χ3v) is 4.30. The van der Waals surface area contributed by atoms with E-state index in [0.717, 1.165) is 10.2 Å². The van der Waals surface area contributed by atoms with Gasteiger partial charge in [0.05, 0.1) is 15.9 Å². The van der Waals surface area contributed by atoms with E-state index in [4.69, 9.17) is 5.73 Å². The van der Waals surface area contributed by atoms with E-state index in [1.54, 1.807) is 23.6 Å². The molecule has 0 aromatic carbocycles. The molecule has 0 bridgehead atoms. The first-order chi connectivity index (χ1) is 10.2. The second-order valence-electron chi connectivity index (χ2n) is 4.18. The maximum absolute atomic E-state index is 12.0. The van der Waals surface area contributed by atoms with Crippen molar-refractivity contribution in [1.29, 1.82) is 0 Å². The van der Waals surface area contributed by atoms with Crippen LogP contribution in [-0.4, -0.2) is 24.0 Å². The number of nitrogens with one attached hydrogen (secondary N) is 1. The molecule has 0 spiro atoms. The minimum atomic E-state index is -0.144. The van der Waals surface area contributed by atoms with Crippen molar-refractivity contribution in [2.75, 3.05) is 13.1 Å². The summed E-state index contributed by atoms with van der Waals surface area (Å²) in [4.78, 5) is 17.3. The van der Waals surface area contributed by atoms with E-state index >= 15 is 0 Å². The summed E-state index contributed by atoms with van der Waals surface area (Å²) in [6.07, 6.45) is 3.95. The standard InChI is InChI=1S/C15H14BrN3OS/c16-14-4-3-13(21-14)5-7-19-15(20)12-8-11(2-1-6-17)9-18-10-12/h3-4,8-10H,5-7,17H2,(H,19,20). The first-order valence-corrected chi connectivity index (χ1v) is 7.96. The number of hydrogen-bond acceptors (Lipinski definition) is 4. The number of amides is 1. The highest BCUT2D eigenvalue weighted by atomic mass is 79.9. The number of hydrogen-bond donors (Lipinski definition) is 2. The maximum Gasteiger partial charge on any atom is 0.252 e. The molecular formula is C15H14BrN3OS. The molecule has 0 aliphatic rings. The molecule has 0 saturated carbocycles. The number of nitrogens with zero attached hydrogens (tertiary/aromatic N) is 1. The molecule has 4 nitrogen and oxygen atoms in total. The molecule has 0 fully saturated rings. The highest BCUT2D eigenvalue weighted by Gasteiger charge is 2.06. The number of aromatic nitrogens is 1. The van der Waals surface area contributed by atoms with Crippen LogP contribution in [0.4, 0.5) is 0 Å². The molecule has 2 rings (SSSR count). The molecule has 1 amide bonds. The average molecular weight is 364 g/mol. The summed E-state index contributed by atoms with van der Waals surface area (Å²) in [5.74, 6) is 5.46. The lowest BCUT2D eigenvalue weighted by molar-refractivity contribution is 0.0954. The fourth-order valence-electron chi connectivity index (χ4n) is 1.67. The van der Waals surface area contributed by atoms with Gasteiger partial charge >= 0.3 is 0 Å². The summed E-state index contributed by atoms with van der Waals surface area (Å²) in [5, 5.41) is 2.88. The Kier molecular flexibility index (Phi) is 5.93. The molecule has 0 unspecified atom stereocenters. The van der Waals surface area contributed by atoms with E-state index < -0.39 is 0 Å². The first-order valence-electron chi connectivity index (χ1n) is 6.35. The van der Waals surface area contributed by atoms with Gasteiger partial charge in [0.2, 0.25) is 0 Å². The molecule has 0 saturated heterocycles. The van der Waals surface area contributed by atoms with Crippen LogP contribution in [-0.2, 0) is 6.42 Å².